The maximum absolute atomic E-state index is 8.98. The van der Waals surface area contributed by atoms with Crippen molar-refractivity contribution in [2.75, 3.05) is 25.5 Å². The van der Waals surface area contributed by atoms with Crippen molar-refractivity contribution in [1.29, 1.82) is 5.26 Å². The van der Waals surface area contributed by atoms with Crippen molar-refractivity contribution >= 4 is 5.82 Å². The number of nitrogens with one attached hydrogen (secondary N) is 1. The average Bonchev–Trinajstić information content (AvgIpc) is 3.13. The lowest BCUT2D eigenvalue weighted by Gasteiger charge is -2.16. The van der Waals surface area contributed by atoms with Gasteiger partial charge in [0.05, 0.1) is 5.56 Å². The van der Waals surface area contributed by atoms with Crippen LogP contribution in [0.4, 0.5) is 5.82 Å². The topological polar surface area (TPSA) is 52.0 Å². The summed E-state index contributed by atoms with van der Waals surface area (Å²) >= 11 is 0. The van der Waals surface area contributed by atoms with E-state index in [1.54, 1.807) is 0 Å². The highest BCUT2D eigenvalue weighted by Crippen LogP contribution is 2.24. The van der Waals surface area contributed by atoms with Gasteiger partial charge in [0.15, 0.2) is 0 Å². The second kappa shape index (κ2) is 5.15. The van der Waals surface area contributed by atoms with Crippen molar-refractivity contribution in [3.63, 3.8) is 0 Å². The molecular formula is C13H18N4. The first kappa shape index (κ1) is 11.9. The van der Waals surface area contributed by atoms with E-state index in [1.807, 2.05) is 19.1 Å². The van der Waals surface area contributed by atoms with Crippen molar-refractivity contribution in [2.45, 2.75) is 25.8 Å². The summed E-state index contributed by atoms with van der Waals surface area (Å²) in [6.07, 6.45) is 2.64. The zero-order valence-electron chi connectivity index (χ0n) is 10.4. The molecule has 1 aliphatic carbocycles. The summed E-state index contributed by atoms with van der Waals surface area (Å²) in [6.45, 7) is 3.76. The number of aromatic nitrogens is 1. The molecule has 0 unspecified atom stereocenters. The minimum Gasteiger partial charge on any atom is -0.368 e. The number of aryl methyl sites for hydroxylation is 1. The molecule has 17 heavy (non-hydrogen) atoms. The number of nitrogens with zero attached hydrogens (tertiary/aromatic N) is 3. The Morgan fingerprint density at radius 3 is 2.94 bits per heavy atom. The number of pyridine rings is 1. The first-order chi connectivity index (χ1) is 8.20. The lowest BCUT2D eigenvalue weighted by Crippen LogP contribution is -2.27. The minimum atomic E-state index is 0.615. The van der Waals surface area contributed by atoms with Crippen LogP contribution in [0.25, 0.3) is 0 Å². The van der Waals surface area contributed by atoms with Crippen LogP contribution in [0.3, 0.4) is 0 Å². The van der Waals surface area contributed by atoms with Crippen LogP contribution in [0, 0.1) is 18.3 Å². The molecule has 1 N–H and O–H groups in total. The normalized spacial score (nSPS) is 14.7. The van der Waals surface area contributed by atoms with Crippen molar-refractivity contribution in [3.05, 3.63) is 23.4 Å². The number of anilines is 1. The van der Waals surface area contributed by atoms with Crippen LogP contribution in [-0.2, 0) is 0 Å². The fourth-order valence-corrected chi connectivity index (χ4v) is 1.83. The van der Waals surface area contributed by atoms with Crippen molar-refractivity contribution in [2.24, 2.45) is 0 Å². The molecular weight excluding hydrogens is 212 g/mol. The summed E-state index contributed by atoms with van der Waals surface area (Å²) < 4.78 is 0. The second-order valence-corrected chi connectivity index (χ2v) is 4.60. The third-order valence-corrected chi connectivity index (χ3v) is 3.08. The number of rotatable bonds is 5. The average molecular weight is 230 g/mol. The molecule has 2 rings (SSSR count). The van der Waals surface area contributed by atoms with E-state index in [0.29, 0.717) is 11.4 Å². The van der Waals surface area contributed by atoms with Crippen LogP contribution >= 0.6 is 0 Å². The Kier molecular flexibility index (Phi) is 3.60. The Hall–Kier alpha value is -1.60. The van der Waals surface area contributed by atoms with Crippen molar-refractivity contribution in [3.8, 4) is 6.07 Å². The lowest BCUT2D eigenvalue weighted by molar-refractivity contribution is 0.337. The van der Waals surface area contributed by atoms with Gasteiger partial charge in [-0.3, -0.25) is 0 Å². The maximum Gasteiger partial charge on any atom is 0.144 e. The van der Waals surface area contributed by atoms with Crippen LogP contribution in [0.15, 0.2) is 12.1 Å². The molecule has 90 valence electrons. The lowest BCUT2D eigenvalue weighted by atomic mass is 10.2. The highest BCUT2D eigenvalue weighted by molar-refractivity contribution is 5.52. The van der Waals surface area contributed by atoms with Gasteiger partial charge in [-0.05, 0) is 38.9 Å². The molecule has 1 aromatic heterocycles. The van der Waals surface area contributed by atoms with Gasteiger partial charge >= 0.3 is 0 Å². The first-order valence-corrected chi connectivity index (χ1v) is 6.02. The van der Waals surface area contributed by atoms with Gasteiger partial charge < -0.3 is 10.2 Å². The van der Waals surface area contributed by atoms with Gasteiger partial charge in [-0.2, -0.15) is 5.26 Å². The van der Waals surface area contributed by atoms with Gasteiger partial charge in [0.2, 0.25) is 0 Å². The fourth-order valence-electron chi connectivity index (χ4n) is 1.83. The van der Waals surface area contributed by atoms with E-state index in [4.69, 9.17) is 5.26 Å². The Balaban J connectivity index is 1.89. The third kappa shape index (κ3) is 3.18. The molecule has 1 saturated carbocycles. The molecule has 4 heteroatoms. The Morgan fingerprint density at radius 2 is 2.29 bits per heavy atom. The standard InChI is InChI=1S/C13H18N4/c1-10-3-4-11(9-14)13(16-10)15-7-8-17(2)12-5-6-12/h3-4,12H,5-8H2,1-2H3,(H,15,16). The number of nitriles is 1. The predicted molar refractivity (Wildman–Crippen MR) is 67.8 cm³/mol. The third-order valence-electron chi connectivity index (χ3n) is 3.08. The summed E-state index contributed by atoms with van der Waals surface area (Å²) in [6, 6.07) is 6.61. The van der Waals surface area contributed by atoms with Crippen LogP contribution in [0.5, 0.6) is 0 Å². The van der Waals surface area contributed by atoms with E-state index in [-0.39, 0.29) is 0 Å². The molecule has 1 fully saturated rings. The van der Waals surface area contributed by atoms with Gasteiger partial charge in [0, 0.05) is 24.8 Å². The van der Waals surface area contributed by atoms with Gasteiger partial charge in [0.1, 0.15) is 11.9 Å². The smallest absolute Gasteiger partial charge is 0.144 e. The Bertz CT molecular complexity index is 432. The van der Waals surface area contributed by atoms with E-state index in [2.05, 4.69) is 28.3 Å². The molecule has 0 saturated heterocycles. The van der Waals surface area contributed by atoms with E-state index in [9.17, 15) is 0 Å². The highest BCUT2D eigenvalue weighted by Gasteiger charge is 2.25. The molecule has 0 spiro atoms. The van der Waals surface area contributed by atoms with Crippen molar-refractivity contribution in [1.82, 2.24) is 9.88 Å². The second-order valence-electron chi connectivity index (χ2n) is 4.60. The molecule has 1 aliphatic rings. The number of likely N-dealkylation sites (N-methyl/N-ethyl adjacent to an activating group) is 1. The largest absolute Gasteiger partial charge is 0.368 e. The molecule has 0 bridgehead atoms. The van der Waals surface area contributed by atoms with Gasteiger partial charge in [-0.15, -0.1) is 0 Å². The zero-order chi connectivity index (χ0) is 12.3. The number of hydrogen-bond donors (Lipinski definition) is 1. The molecule has 0 atom stereocenters. The molecule has 0 radical (unpaired) electrons. The van der Waals surface area contributed by atoms with Crippen LogP contribution in [-0.4, -0.2) is 36.1 Å². The fraction of sp³-hybridized carbons (Fsp3) is 0.538. The summed E-state index contributed by atoms with van der Waals surface area (Å²) in [7, 11) is 2.15. The minimum absolute atomic E-state index is 0.615. The molecule has 0 amide bonds. The van der Waals surface area contributed by atoms with E-state index in [0.717, 1.165) is 24.8 Å². The van der Waals surface area contributed by atoms with Crippen LogP contribution in [0.2, 0.25) is 0 Å². The van der Waals surface area contributed by atoms with E-state index in [1.165, 1.54) is 12.8 Å². The summed E-state index contributed by atoms with van der Waals surface area (Å²) in [5.41, 5.74) is 1.55. The SMILES string of the molecule is Cc1ccc(C#N)c(NCCN(C)C2CC2)n1. The van der Waals surface area contributed by atoms with Crippen LogP contribution < -0.4 is 5.32 Å². The molecule has 4 nitrogen and oxygen atoms in total. The summed E-state index contributed by atoms with van der Waals surface area (Å²) in [5.74, 6) is 0.705. The first-order valence-electron chi connectivity index (χ1n) is 6.02. The monoisotopic (exact) mass is 230 g/mol. The van der Waals surface area contributed by atoms with Crippen LogP contribution in [0.1, 0.15) is 24.1 Å². The highest BCUT2D eigenvalue weighted by atomic mass is 15.2. The van der Waals surface area contributed by atoms with Gasteiger partial charge in [0.25, 0.3) is 0 Å². The molecule has 1 heterocycles. The molecule has 1 aromatic rings. The maximum atomic E-state index is 8.98. The predicted octanol–water partition coefficient (Wildman–Crippen LogP) is 1.77. The molecule has 0 aromatic carbocycles. The Labute approximate surface area is 102 Å². The van der Waals surface area contributed by atoms with E-state index < -0.39 is 0 Å². The van der Waals surface area contributed by atoms with Gasteiger partial charge in [-0.25, -0.2) is 4.98 Å². The van der Waals surface area contributed by atoms with Gasteiger partial charge in [-0.1, -0.05) is 0 Å². The zero-order valence-corrected chi connectivity index (χ0v) is 10.4. The Morgan fingerprint density at radius 1 is 1.53 bits per heavy atom. The van der Waals surface area contributed by atoms with Crippen molar-refractivity contribution < 1.29 is 0 Å². The number of hydrogen-bond acceptors (Lipinski definition) is 4. The quantitative estimate of drug-likeness (QED) is 0.837. The summed E-state index contributed by atoms with van der Waals surface area (Å²) in [5, 5.41) is 12.2. The van der Waals surface area contributed by atoms with E-state index >= 15 is 0 Å². The summed E-state index contributed by atoms with van der Waals surface area (Å²) in [4.78, 5) is 6.71. The molecule has 0 aliphatic heterocycles.